The van der Waals surface area contributed by atoms with E-state index in [0.717, 1.165) is 0 Å². The lowest BCUT2D eigenvalue weighted by Crippen LogP contribution is -2.44. The highest BCUT2D eigenvalue weighted by Crippen LogP contribution is 2.40. The number of carbonyl (C=O) groups excluding carboxylic acids is 1. The van der Waals surface area contributed by atoms with E-state index < -0.39 is 23.6 Å². The van der Waals surface area contributed by atoms with Crippen LogP contribution in [0.15, 0.2) is 18.3 Å². The van der Waals surface area contributed by atoms with Gasteiger partial charge in [0.05, 0.1) is 16.9 Å². The highest BCUT2D eigenvalue weighted by Gasteiger charge is 2.45. The molecule has 2 heterocycles. The lowest BCUT2D eigenvalue weighted by Gasteiger charge is -2.35. The second kappa shape index (κ2) is 8.81. The van der Waals surface area contributed by atoms with E-state index in [4.69, 9.17) is 17.3 Å². The molecule has 2 aliphatic rings. The average Bonchev–Trinajstić information content (AvgIpc) is 3.15. The third-order valence-electron chi connectivity index (χ3n) is 6.60. The minimum atomic E-state index is -2.70. The largest absolute Gasteiger partial charge is 0.369 e. The number of aromatic nitrogens is 4. The van der Waals surface area contributed by atoms with Crippen molar-refractivity contribution in [2.24, 2.45) is 11.7 Å². The molecule has 0 aliphatic heterocycles. The van der Waals surface area contributed by atoms with Crippen LogP contribution in [0.5, 0.6) is 0 Å². The van der Waals surface area contributed by atoms with Crippen LogP contribution in [0.3, 0.4) is 0 Å². The van der Waals surface area contributed by atoms with Gasteiger partial charge in [-0.2, -0.15) is 4.98 Å². The first-order valence-corrected chi connectivity index (χ1v) is 11.6. The number of alkyl halides is 2. The molecule has 5 rings (SSSR count). The molecule has 2 aromatic heterocycles. The fourth-order valence-corrected chi connectivity index (χ4v) is 4.85. The van der Waals surface area contributed by atoms with Gasteiger partial charge in [-0.25, -0.2) is 27.5 Å². The first kappa shape index (κ1) is 23.6. The van der Waals surface area contributed by atoms with Crippen molar-refractivity contribution in [1.82, 2.24) is 19.5 Å². The summed E-state index contributed by atoms with van der Waals surface area (Å²) in [6.07, 6.45) is 3.08. The summed E-state index contributed by atoms with van der Waals surface area (Å²) in [7, 11) is 0. The van der Waals surface area contributed by atoms with E-state index in [2.05, 4.69) is 25.6 Å². The minimum Gasteiger partial charge on any atom is -0.369 e. The molecule has 0 spiro atoms. The number of nitrogens with zero attached hydrogens (tertiary/aromatic N) is 4. The summed E-state index contributed by atoms with van der Waals surface area (Å²) in [6, 6.07) is 1.90. The Balaban J connectivity index is 1.51. The molecule has 8 nitrogen and oxygen atoms in total. The van der Waals surface area contributed by atoms with Crippen molar-refractivity contribution < 1.29 is 22.4 Å². The number of nitrogens with two attached hydrogens (primary N) is 1. The molecule has 186 valence electrons. The zero-order valence-corrected chi connectivity index (χ0v) is 19.1. The zero-order chi connectivity index (χ0) is 24.9. The van der Waals surface area contributed by atoms with Crippen molar-refractivity contribution in [3.63, 3.8) is 0 Å². The van der Waals surface area contributed by atoms with Crippen LogP contribution in [0.4, 0.5) is 35.1 Å². The number of fused-ring (bicyclic) bond motifs is 1. The molecule has 0 unspecified atom stereocenters. The number of carbonyl (C=O) groups is 1. The molecule has 2 fully saturated rings. The molecule has 35 heavy (non-hydrogen) atoms. The molecule has 13 heteroatoms. The Morgan fingerprint density at radius 2 is 1.83 bits per heavy atom. The molecule has 2 saturated carbocycles. The van der Waals surface area contributed by atoms with E-state index in [-0.39, 0.29) is 53.3 Å². The summed E-state index contributed by atoms with van der Waals surface area (Å²) in [5.41, 5.74) is 6.07. The summed E-state index contributed by atoms with van der Waals surface area (Å²) in [4.78, 5) is 24.8. The summed E-state index contributed by atoms with van der Waals surface area (Å²) < 4.78 is 56.8. The molecular formula is C22H22ClF4N7O. The first-order valence-electron chi connectivity index (χ1n) is 11.2. The molecule has 3 aromatic rings. The first-order chi connectivity index (χ1) is 16.6. The van der Waals surface area contributed by atoms with Crippen LogP contribution >= 0.6 is 11.6 Å². The maximum absolute atomic E-state index is 14.5. The Morgan fingerprint density at radius 3 is 2.49 bits per heavy atom. The van der Waals surface area contributed by atoms with Crippen molar-refractivity contribution in [3.05, 3.63) is 35.0 Å². The number of hydrogen-bond donors (Lipinski definition) is 3. The zero-order valence-electron chi connectivity index (χ0n) is 18.4. The van der Waals surface area contributed by atoms with Crippen molar-refractivity contribution >= 4 is 46.3 Å². The third-order valence-corrected chi connectivity index (χ3v) is 6.89. The summed E-state index contributed by atoms with van der Waals surface area (Å²) in [5.74, 6) is -5.28. The summed E-state index contributed by atoms with van der Waals surface area (Å²) in [6.45, 7) is 0. The molecule has 0 saturated heterocycles. The highest BCUT2D eigenvalue weighted by atomic mass is 35.5. The van der Waals surface area contributed by atoms with Crippen LogP contribution < -0.4 is 16.4 Å². The monoisotopic (exact) mass is 511 g/mol. The second-order valence-electron chi connectivity index (χ2n) is 9.07. The van der Waals surface area contributed by atoms with Crippen LogP contribution in [-0.4, -0.2) is 37.4 Å². The number of benzene rings is 1. The smallest absolute Gasteiger partial charge is 0.252 e. The number of rotatable bonds is 6. The predicted octanol–water partition coefficient (Wildman–Crippen LogP) is 4.93. The van der Waals surface area contributed by atoms with E-state index in [1.54, 1.807) is 4.57 Å². The molecule has 0 atom stereocenters. The van der Waals surface area contributed by atoms with E-state index in [9.17, 15) is 22.4 Å². The molecule has 4 N–H and O–H groups in total. The van der Waals surface area contributed by atoms with Gasteiger partial charge in [-0.1, -0.05) is 11.6 Å². The van der Waals surface area contributed by atoms with Gasteiger partial charge in [0.1, 0.15) is 5.52 Å². The van der Waals surface area contributed by atoms with E-state index in [1.165, 1.54) is 18.3 Å². The van der Waals surface area contributed by atoms with Gasteiger partial charge in [-0.15, -0.1) is 0 Å². The van der Waals surface area contributed by atoms with Gasteiger partial charge in [-0.05, 0) is 37.8 Å². The Kier molecular flexibility index (Phi) is 5.94. The number of anilines is 3. The van der Waals surface area contributed by atoms with Crippen LogP contribution in [0.25, 0.3) is 11.2 Å². The third kappa shape index (κ3) is 4.58. The number of nitrogens with one attached hydrogen (secondary N) is 2. The number of halogens is 5. The molecule has 0 radical (unpaired) electrons. The summed E-state index contributed by atoms with van der Waals surface area (Å²) in [5, 5.41) is 5.38. The van der Waals surface area contributed by atoms with Gasteiger partial charge >= 0.3 is 0 Å². The topological polar surface area (TPSA) is 111 Å². The molecule has 0 bridgehead atoms. The lowest BCUT2D eigenvalue weighted by atomic mass is 9.85. The van der Waals surface area contributed by atoms with Crippen molar-refractivity contribution in [2.45, 2.75) is 56.5 Å². The number of primary amides is 1. The van der Waals surface area contributed by atoms with E-state index in [1.807, 2.05) is 0 Å². The Bertz CT molecular complexity index is 1280. The van der Waals surface area contributed by atoms with Gasteiger partial charge in [0.25, 0.3) is 5.92 Å². The van der Waals surface area contributed by atoms with Gasteiger partial charge < -0.3 is 16.4 Å². The standard InChI is InChI=1S/C22H22ClF4N7O/c23-13-5-6-14(17(25)16(13)24)31-21-32-15-9-29-20(30-11-7-22(26,27)8-11)33-19(15)34(21)12-3-1-10(2-4-12)18(28)35/h5-6,9-12H,1-4,7-8H2,(H2,28,35)(H,31,32)(H,29,30,33). The van der Waals surface area contributed by atoms with Crippen LogP contribution in [0.1, 0.15) is 44.6 Å². The van der Waals surface area contributed by atoms with E-state index in [0.29, 0.717) is 36.8 Å². The fraction of sp³-hybridized carbons (Fsp3) is 0.455. The van der Waals surface area contributed by atoms with Crippen LogP contribution in [0, 0.1) is 17.6 Å². The van der Waals surface area contributed by atoms with E-state index >= 15 is 0 Å². The Labute approximate surface area is 202 Å². The molecule has 2 aliphatic carbocycles. The van der Waals surface area contributed by atoms with Crippen molar-refractivity contribution in [1.29, 1.82) is 0 Å². The van der Waals surface area contributed by atoms with Crippen molar-refractivity contribution in [3.8, 4) is 0 Å². The SMILES string of the molecule is NC(=O)C1CCC(n2c(Nc3ccc(Cl)c(F)c3F)nc3cnc(NC4CC(F)(F)C4)nc32)CC1. The van der Waals surface area contributed by atoms with Gasteiger partial charge in [0.2, 0.25) is 17.8 Å². The Hall–Kier alpha value is -3.15. The number of amides is 1. The lowest BCUT2D eigenvalue weighted by molar-refractivity contribution is -0.122. The van der Waals surface area contributed by atoms with Crippen molar-refractivity contribution in [2.75, 3.05) is 10.6 Å². The average molecular weight is 512 g/mol. The highest BCUT2D eigenvalue weighted by molar-refractivity contribution is 6.30. The molecular weight excluding hydrogens is 490 g/mol. The number of imidazole rings is 1. The maximum Gasteiger partial charge on any atom is 0.252 e. The maximum atomic E-state index is 14.5. The minimum absolute atomic E-state index is 0.167. The van der Waals surface area contributed by atoms with Gasteiger partial charge in [-0.3, -0.25) is 9.36 Å². The normalized spacial score (nSPS) is 22.1. The second-order valence-corrected chi connectivity index (χ2v) is 9.48. The molecule has 1 amide bonds. The quantitative estimate of drug-likeness (QED) is 0.320. The Morgan fingerprint density at radius 1 is 1.11 bits per heavy atom. The number of hydrogen-bond acceptors (Lipinski definition) is 6. The van der Waals surface area contributed by atoms with Crippen LogP contribution in [0.2, 0.25) is 5.02 Å². The predicted molar refractivity (Wildman–Crippen MR) is 122 cm³/mol. The fourth-order valence-electron chi connectivity index (χ4n) is 4.70. The molecule has 1 aromatic carbocycles. The van der Waals surface area contributed by atoms with Crippen LogP contribution in [-0.2, 0) is 4.79 Å². The van der Waals surface area contributed by atoms with Gasteiger partial charge in [0.15, 0.2) is 17.3 Å². The summed E-state index contributed by atoms with van der Waals surface area (Å²) >= 11 is 5.67. The van der Waals surface area contributed by atoms with Gasteiger partial charge in [0, 0.05) is 30.8 Å².